The minimum atomic E-state index is 0.366. The fourth-order valence-corrected chi connectivity index (χ4v) is 2.94. The standard InChI is InChI=1S/C16H28N4O/c1-4-10-17-14-13(21-3)15(20-12-19-14)18-11-16(2)8-6-5-7-9-16/h12H,4-11H2,1-3H3,(H2,17,18,19,20). The van der Waals surface area contributed by atoms with Gasteiger partial charge in [0, 0.05) is 13.1 Å². The molecule has 0 amide bonds. The van der Waals surface area contributed by atoms with E-state index in [0.717, 1.165) is 31.1 Å². The summed E-state index contributed by atoms with van der Waals surface area (Å²) in [6.45, 7) is 6.31. The molecule has 5 nitrogen and oxygen atoms in total. The first-order chi connectivity index (χ1) is 10.2. The molecule has 0 atom stereocenters. The largest absolute Gasteiger partial charge is 0.490 e. The van der Waals surface area contributed by atoms with E-state index >= 15 is 0 Å². The van der Waals surface area contributed by atoms with E-state index in [2.05, 4.69) is 34.4 Å². The van der Waals surface area contributed by atoms with Gasteiger partial charge in [-0.1, -0.05) is 33.1 Å². The van der Waals surface area contributed by atoms with Crippen LogP contribution in [-0.4, -0.2) is 30.2 Å². The number of ether oxygens (including phenoxy) is 1. The Labute approximate surface area is 127 Å². The molecule has 5 heteroatoms. The van der Waals surface area contributed by atoms with Gasteiger partial charge in [-0.15, -0.1) is 0 Å². The lowest BCUT2D eigenvalue weighted by atomic mass is 9.76. The summed E-state index contributed by atoms with van der Waals surface area (Å²) < 4.78 is 5.50. The maximum atomic E-state index is 5.50. The second kappa shape index (κ2) is 7.48. The van der Waals surface area contributed by atoms with Gasteiger partial charge in [-0.3, -0.25) is 0 Å². The van der Waals surface area contributed by atoms with Gasteiger partial charge in [-0.25, -0.2) is 9.97 Å². The zero-order valence-electron chi connectivity index (χ0n) is 13.5. The molecule has 118 valence electrons. The van der Waals surface area contributed by atoms with Gasteiger partial charge in [0.2, 0.25) is 5.75 Å². The number of hydrogen-bond acceptors (Lipinski definition) is 5. The summed E-state index contributed by atoms with van der Waals surface area (Å²) >= 11 is 0. The Bertz CT molecular complexity index is 444. The molecule has 1 aliphatic rings. The molecule has 0 spiro atoms. The molecule has 0 bridgehead atoms. The minimum Gasteiger partial charge on any atom is -0.490 e. The fourth-order valence-electron chi connectivity index (χ4n) is 2.94. The van der Waals surface area contributed by atoms with Crippen molar-refractivity contribution in [2.45, 2.75) is 52.4 Å². The Morgan fingerprint density at radius 3 is 2.43 bits per heavy atom. The SMILES string of the molecule is CCCNc1ncnc(NCC2(C)CCCCC2)c1OC. The number of anilines is 2. The van der Waals surface area contributed by atoms with E-state index in [0.29, 0.717) is 11.2 Å². The molecule has 1 heterocycles. The van der Waals surface area contributed by atoms with Crippen molar-refractivity contribution in [3.8, 4) is 5.75 Å². The van der Waals surface area contributed by atoms with E-state index in [1.54, 1.807) is 13.4 Å². The molecule has 0 radical (unpaired) electrons. The smallest absolute Gasteiger partial charge is 0.204 e. The summed E-state index contributed by atoms with van der Waals surface area (Å²) in [7, 11) is 1.67. The molecule has 1 aromatic heterocycles. The van der Waals surface area contributed by atoms with Crippen LogP contribution >= 0.6 is 0 Å². The highest BCUT2D eigenvalue weighted by atomic mass is 16.5. The third kappa shape index (κ3) is 4.22. The minimum absolute atomic E-state index is 0.366. The van der Waals surface area contributed by atoms with Crippen molar-refractivity contribution >= 4 is 11.6 Å². The molecule has 1 aromatic rings. The highest BCUT2D eigenvalue weighted by molar-refractivity contribution is 5.63. The summed E-state index contributed by atoms with van der Waals surface area (Å²) in [5.74, 6) is 2.27. The van der Waals surface area contributed by atoms with E-state index < -0.39 is 0 Å². The Morgan fingerprint density at radius 1 is 1.14 bits per heavy atom. The first-order valence-corrected chi connectivity index (χ1v) is 8.05. The summed E-state index contributed by atoms with van der Waals surface area (Å²) in [5, 5.41) is 6.76. The second-order valence-electron chi connectivity index (χ2n) is 6.26. The van der Waals surface area contributed by atoms with Crippen LogP contribution in [0.3, 0.4) is 0 Å². The number of aromatic nitrogens is 2. The monoisotopic (exact) mass is 292 g/mol. The predicted octanol–water partition coefficient (Wildman–Crippen LogP) is 3.69. The summed E-state index contributed by atoms with van der Waals surface area (Å²) in [5.41, 5.74) is 0.366. The van der Waals surface area contributed by atoms with Gasteiger partial charge in [0.15, 0.2) is 11.6 Å². The molecule has 2 rings (SSSR count). The number of nitrogens with zero attached hydrogens (tertiary/aromatic N) is 2. The highest BCUT2D eigenvalue weighted by Crippen LogP contribution is 2.37. The molecule has 1 saturated carbocycles. The zero-order valence-corrected chi connectivity index (χ0v) is 13.5. The molecule has 0 unspecified atom stereocenters. The first-order valence-electron chi connectivity index (χ1n) is 8.05. The van der Waals surface area contributed by atoms with Crippen molar-refractivity contribution in [1.82, 2.24) is 9.97 Å². The second-order valence-corrected chi connectivity index (χ2v) is 6.26. The molecular weight excluding hydrogens is 264 g/mol. The maximum Gasteiger partial charge on any atom is 0.204 e. The Morgan fingerprint density at radius 2 is 1.81 bits per heavy atom. The third-order valence-corrected chi connectivity index (χ3v) is 4.29. The van der Waals surface area contributed by atoms with Crippen LogP contribution in [0, 0.1) is 5.41 Å². The molecule has 0 aliphatic heterocycles. The molecule has 1 fully saturated rings. The normalized spacial score (nSPS) is 17.3. The molecule has 0 saturated heterocycles. The lowest BCUT2D eigenvalue weighted by Crippen LogP contribution is -2.29. The van der Waals surface area contributed by atoms with Crippen LogP contribution < -0.4 is 15.4 Å². The van der Waals surface area contributed by atoms with Gasteiger partial charge in [-0.2, -0.15) is 0 Å². The van der Waals surface area contributed by atoms with Crippen LogP contribution in [0.2, 0.25) is 0 Å². The van der Waals surface area contributed by atoms with Gasteiger partial charge in [0.25, 0.3) is 0 Å². The molecule has 21 heavy (non-hydrogen) atoms. The van der Waals surface area contributed by atoms with Gasteiger partial charge in [0.05, 0.1) is 7.11 Å². The van der Waals surface area contributed by atoms with Crippen LogP contribution in [0.4, 0.5) is 11.6 Å². The fraction of sp³-hybridized carbons (Fsp3) is 0.750. The Hall–Kier alpha value is -1.52. The van der Waals surface area contributed by atoms with E-state index in [1.165, 1.54) is 32.1 Å². The average Bonchev–Trinajstić information content (AvgIpc) is 2.51. The molecular formula is C16H28N4O. The van der Waals surface area contributed by atoms with Crippen molar-refractivity contribution in [2.75, 3.05) is 30.8 Å². The Balaban J connectivity index is 2.04. The summed E-state index contributed by atoms with van der Waals surface area (Å²) in [6.07, 6.45) is 9.25. The number of hydrogen-bond donors (Lipinski definition) is 2. The molecule has 0 aromatic carbocycles. The topological polar surface area (TPSA) is 59.1 Å². The van der Waals surface area contributed by atoms with E-state index in [-0.39, 0.29) is 0 Å². The van der Waals surface area contributed by atoms with Gasteiger partial charge >= 0.3 is 0 Å². The van der Waals surface area contributed by atoms with Crippen molar-refractivity contribution in [1.29, 1.82) is 0 Å². The maximum absolute atomic E-state index is 5.50. The van der Waals surface area contributed by atoms with Crippen molar-refractivity contribution in [3.63, 3.8) is 0 Å². The third-order valence-electron chi connectivity index (χ3n) is 4.29. The van der Waals surface area contributed by atoms with E-state index in [4.69, 9.17) is 4.74 Å². The van der Waals surface area contributed by atoms with Crippen molar-refractivity contribution in [2.24, 2.45) is 5.41 Å². The lowest BCUT2D eigenvalue weighted by molar-refractivity contribution is 0.233. The van der Waals surface area contributed by atoms with Crippen LogP contribution in [0.1, 0.15) is 52.4 Å². The zero-order chi connectivity index (χ0) is 15.1. The van der Waals surface area contributed by atoms with Crippen LogP contribution in [0.25, 0.3) is 0 Å². The highest BCUT2D eigenvalue weighted by Gasteiger charge is 2.27. The van der Waals surface area contributed by atoms with Crippen molar-refractivity contribution in [3.05, 3.63) is 6.33 Å². The Kier molecular flexibility index (Phi) is 5.65. The number of rotatable bonds is 7. The molecule has 1 aliphatic carbocycles. The van der Waals surface area contributed by atoms with Crippen LogP contribution in [0.5, 0.6) is 5.75 Å². The average molecular weight is 292 g/mol. The van der Waals surface area contributed by atoms with E-state index in [9.17, 15) is 0 Å². The summed E-state index contributed by atoms with van der Waals surface area (Å²) in [6, 6.07) is 0. The van der Waals surface area contributed by atoms with Gasteiger partial charge in [-0.05, 0) is 24.7 Å². The van der Waals surface area contributed by atoms with Crippen molar-refractivity contribution < 1.29 is 4.74 Å². The van der Waals surface area contributed by atoms with Crippen LogP contribution in [0.15, 0.2) is 6.33 Å². The predicted molar refractivity (Wildman–Crippen MR) is 87.0 cm³/mol. The number of methoxy groups -OCH3 is 1. The lowest BCUT2D eigenvalue weighted by Gasteiger charge is -2.34. The number of nitrogens with one attached hydrogen (secondary N) is 2. The first kappa shape index (κ1) is 15.9. The van der Waals surface area contributed by atoms with Crippen LogP contribution in [-0.2, 0) is 0 Å². The van der Waals surface area contributed by atoms with E-state index in [1.807, 2.05) is 0 Å². The quantitative estimate of drug-likeness (QED) is 0.802. The summed E-state index contributed by atoms with van der Waals surface area (Å²) in [4.78, 5) is 8.62. The van der Waals surface area contributed by atoms with Gasteiger partial charge < -0.3 is 15.4 Å². The van der Waals surface area contributed by atoms with Gasteiger partial charge in [0.1, 0.15) is 6.33 Å². The molecule has 2 N–H and O–H groups in total.